The Bertz CT molecular complexity index is 1210. The van der Waals surface area contributed by atoms with Crippen LogP contribution in [0.25, 0.3) is 0 Å². The van der Waals surface area contributed by atoms with Gasteiger partial charge in [0.2, 0.25) is 5.91 Å². The molecule has 0 aliphatic heterocycles. The van der Waals surface area contributed by atoms with Crippen molar-refractivity contribution in [3.63, 3.8) is 0 Å². The zero-order valence-electron chi connectivity index (χ0n) is 44.1. The number of quaternary nitrogens is 1. The Morgan fingerprint density at radius 2 is 0.924 bits per heavy atom. The molecule has 0 aliphatic carbocycles. The van der Waals surface area contributed by atoms with Crippen LogP contribution < -0.4 is 10.2 Å². The van der Waals surface area contributed by atoms with E-state index >= 15 is 0 Å². The van der Waals surface area contributed by atoms with Crippen molar-refractivity contribution < 1.29 is 32.9 Å². The van der Waals surface area contributed by atoms with Gasteiger partial charge in [-0.2, -0.15) is 0 Å². The minimum absolute atomic E-state index is 0.0119. The van der Waals surface area contributed by atoms with Crippen LogP contribution in [0.4, 0.5) is 0 Å². The van der Waals surface area contributed by atoms with Crippen molar-refractivity contribution in [3.8, 4) is 0 Å². The third-order valence-electron chi connectivity index (χ3n) is 12.6. The van der Waals surface area contributed by atoms with Crippen LogP contribution in [0.5, 0.6) is 0 Å². The third-order valence-corrected chi connectivity index (χ3v) is 13.5. The average Bonchev–Trinajstić information content (AvgIpc) is 3.27. The second kappa shape index (κ2) is 48.5. The van der Waals surface area contributed by atoms with E-state index in [4.69, 9.17) is 9.05 Å². The Morgan fingerprint density at radius 3 is 1.32 bits per heavy atom. The largest absolute Gasteiger partial charge is 0.756 e. The molecule has 388 valence electrons. The summed E-state index contributed by atoms with van der Waals surface area (Å²) in [5.41, 5.74) is 0. The van der Waals surface area contributed by atoms with E-state index in [1.807, 2.05) is 21.1 Å². The van der Waals surface area contributed by atoms with Gasteiger partial charge in [0, 0.05) is 6.42 Å². The van der Waals surface area contributed by atoms with E-state index < -0.39 is 20.0 Å². The smallest absolute Gasteiger partial charge is 0.268 e. The summed E-state index contributed by atoms with van der Waals surface area (Å²) in [6.45, 7) is 4.45. The maximum Gasteiger partial charge on any atom is 0.268 e. The Hall–Kier alpha value is -1.54. The van der Waals surface area contributed by atoms with E-state index in [1.54, 1.807) is 0 Å². The fourth-order valence-corrected chi connectivity index (χ4v) is 8.93. The van der Waals surface area contributed by atoms with Crippen molar-refractivity contribution >= 4 is 13.7 Å². The molecule has 0 radical (unpaired) electrons. The van der Waals surface area contributed by atoms with Crippen molar-refractivity contribution in [3.05, 3.63) is 48.6 Å². The van der Waals surface area contributed by atoms with Crippen LogP contribution in [0.3, 0.4) is 0 Å². The van der Waals surface area contributed by atoms with Gasteiger partial charge in [-0.15, -0.1) is 0 Å². The molecule has 0 aromatic heterocycles. The van der Waals surface area contributed by atoms with Gasteiger partial charge >= 0.3 is 0 Å². The van der Waals surface area contributed by atoms with Gasteiger partial charge in [-0.3, -0.25) is 9.36 Å². The van der Waals surface area contributed by atoms with Crippen LogP contribution in [-0.4, -0.2) is 68.5 Å². The lowest BCUT2D eigenvalue weighted by Gasteiger charge is -2.30. The van der Waals surface area contributed by atoms with Crippen LogP contribution in [0.2, 0.25) is 0 Å². The summed E-state index contributed by atoms with van der Waals surface area (Å²) >= 11 is 0. The van der Waals surface area contributed by atoms with E-state index in [9.17, 15) is 19.4 Å². The van der Waals surface area contributed by atoms with Crippen molar-refractivity contribution in [2.75, 3.05) is 40.9 Å². The van der Waals surface area contributed by atoms with Gasteiger partial charge < -0.3 is 28.8 Å². The van der Waals surface area contributed by atoms with Crippen molar-refractivity contribution in [2.24, 2.45) is 0 Å². The molecule has 8 nitrogen and oxygen atoms in total. The molecule has 0 bridgehead atoms. The number of amides is 1. The maximum atomic E-state index is 12.7. The van der Waals surface area contributed by atoms with Crippen molar-refractivity contribution in [1.29, 1.82) is 0 Å². The van der Waals surface area contributed by atoms with Gasteiger partial charge in [-0.05, 0) is 51.4 Å². The number of carbonyl (C=O) groups is 1. The molecule has 0 heterocycles. The van der Waals surface area contributed by atoms with Gasteiger partial charge in [0.15, 0.2) is 0 Å². The summed E-state index contributed by atoms with van der Waals surface area (Å²) in [4.78, 5) is 25.0. The zero-order chi connectivity index (χ0) is 48.5. The van der Waals surface area contributed by atoms with Crippen LogP contribution in [0.15, 0.2) is 48.6 Å². The van der Waals surface area contributed by atoms with Crippen molar-refractivity contribution in [1.82, 2.24) is 5.32 Å². The number of rotatable bonds is 51. The average molecular weight is 949 g/mol. The Balaban J connectivity index is 3.57. The quantitative estimate of drug-likeness (QED) is 0.0272. The van der Waals surface area contributed by atoms with Gasteiger partial charge in [0.25, 0.3) is 7.82 Å². The number of unbranched alkanes of at least 4 members (excludes halogenated alkanes) is 30. The standard InChI is InChI=1S/C57H109N2O6P/c1-6-8-10-11-12-13-14-15-16-17-18-19-20-21-22-23-24-25-26-27-28-29-30-31-32-33-34-35-36-37-38-39-40-41-42-43-44-45-46-47-49-51-57(61)58-55(56(60)50-48-9-7-2)54-65-66(62,63)64-53-52-59(3,4)5/h8,10,12-13,15-16,18-19,55-56,60H,6-7,9,11,14,17,20-54H2,1-5H3,(H-,58,61,62,63)/b10-8-,13-12-,16-15-,19-18-. The first-order valence-corrected chi connectivity index (χ1v) is 29.4. The molecule has 1 amide bonds. The highest BCUT2D eigenvalue weighted by Gasteiger charge is 2.24. The normalized spacial score (nSPS) is 14.3. The number of phosphoric ester groups is 1. The number of aliphatic hydroxyl groups is 1. The first kappa shape index (κ1) is 64.5. The van der Waals surface area contributed by atoms with E-state index in [2.05, 4.69) is 67.8 Å². The molecule has 0 aromatic carbocycles. The SMILES string of the molecule is CC/C=C\C/C=C\C/C=C\C/C=C\CCCCCCCCCCCCCCCCCCCCCCCCCCCCCCC(=O)NC(COP(=O)([O-])OCC[N+](C)(C)C)C(O)CCCCC. The van der Waals surface area contributed by atoms with Gasteiger partial charge in [0.05, 0.1) is 39.9 Å². The first-order valence-electron chi connectivity index (χ1n) is 28.0. The highest BCUT2D eigenvalue weighted by atomic mass is 31.2. The lowest BCUT2D eigenvalue weighted by molar-refractivity contribution is -0.870. The van der Waals surface area contributed by atoms with Crippen molar-refractivity contribution in [2.45, 2.75) is 270 Å². The minimum Gasteiger partial charge on any atom is -0.756 e. The number of hydrogen-bond acceptors (Lipinski definition) is 6. The maximum absolute atomic E-state index is 12.7. The number of hydrogen-bond donors (Lipinski definition) is 2. The lowest BCUT2D eigenvalue weighted by atomic mass is 10.0. The summed E-state index contributed by atoms with van der Waals surface area (Å²) in [6, 6.07) is -0.793. The van der Waals surface area contributed by atoms with E-state index in [1.165, 1.54) is 167 Å². The van der Waals surface area contributed by atoms with Crippen LogP contribution in [0, 0.1) is 0 Å². The summed E-state index contributed by atoms with van der Waals surface area (Å²) in [7, 11) is 1.30. The molecule has 9 heteroatoms. The second-order valence-electron chi connectivity index (χ2n) is 20.3. The van der Waals surface area contributed by atoms with E-state index in [0.717, 1.165) is 64.2 Å². The fraction of sp³-hybridized carbons (Fsp3) is 0.842. The molecule has 0 aromatic rings. The van der Waals surface area contributed by atoms with Crippen LogP contribution >= 0.6 is 7.82 Å². The minimum atomic E-state index is -4.54. The van der Waals surface area contributed by atoms with Gasteiger partial charge in [-0.25, -0.2) is 0 Å². The number of nitrogens with one attached hydrogen (secondary N) is 1. The predicted molar refractivity (Wildman–Crippen MR) is 284 cm³/mol. The van der Waals surface area contributed by atoms with E-state index in [-0.39, 0.29) is 19.1 Å². The molecule has 66 heavy (non-hydrogen) atoms. The Labute approximate surface area is 409 Å². The molecular formula is C57H109N2O6P. The molecule has 2 N–H and O–H groups in total. The van der Waals surface area contributed by atoms with Gasteiger partial charge in [0.1, 0.15) is 13.2 Å². The monoisotopic (exact) mass is 949 g/mol. The molecule has 0 spiro atoms. The molecule has 0 fully saturated rings. The molecule has 0 aliphatic rings. The third kappa shape index (κ3) is 50.3. The fourth-order valence-electron chi connectivity index (χ4n) is 8.21. The highest BCUT2D eigenvalue weighted by Crippen LogP contribution is 2.38. The first-order chi connectivity index (χ1) is 32.0. The number of carbonyl (C=O) groups excluding carboxylic acids is 1. The molecule has 0 saturated heterocycles. The summed E-state index contributed by atoms with van der Waals surface area (Å²) < 4.78 is 23.0. The van der Waals surface area contributed by atoms with E-state index in [0.29, 0.717) is 23.9 Å². The number of phosphoric acid groups is 1. The Morgan fingerprint density at radius 1 is 0.545 bits per heavy atom. The number of likely N-dealkylation sites (N-methyl/N-ethyl adjacent to an activating group) is 1. The topological polar surface area (TPSA) is 108 Å². The Kier molecular flexibility index (Phi) is 47.4. The predicted octanol–water partition coefficient (Wildman–Crippen LogP) is 16.1. The lowest BCUT2D eigenvalue weighted by Crippen LogP contribution is -2.46. The number of aliphatic hydroxyl groups excluding tert-OH is 1. The van der Waals surface area contributed by atoms with Gasteiger partial charge in [-0.1, -0.05) is 249 Å². The molecule has 3 atom stereocenters. The number of allylic oxidation sites excluding steroid dienone is 8. The highest BCUT2D eigenvalue weighted by molar-refractivity contribution is 7.45. The zero-order valence-corrected chi connectivity index (χ0v) is 45.0. The number of nitrogens with zero attached hydrogens (tertiary/aromatic N) is 1. The second-order valence-corrected chi connectivity index (χ2v) is 21.7. The van der Waals surface area contributed by atoms with Crippen LogP contribution in [-0.2, 0) is 18.4 Å². The molecular weight excluding hydrogens is 840 g/mol. The molecule has 0 saturated carbocycles. The summed E-state index contributed by atoms with van der Waals surface area (Å²) in [5.74, 6) is -0.173. The molecule has 3 unspecified atom stereocenters. The summed E-state index contributed by atoms with van der Waals surface area (Å²) in [5, 5.41) is 13.6. The summed E-state index contributed by atoms with van der Waals surface area (Å²) in [6.07, 6.45) is 64.2. The molecule has 0 rings (SSSR count). The van der Waals surface area contributed by atoms with Crippen LogP contribution in [0.1, 0.15) is 258 Å².